The summed E-state index contributed by atoms with van der Waals surface area (Å²) in [5.74, 6) is -0.927. The normalized spacial score (nSPS) is 20.7. The van der Waals surface area contributed by atoms with Gasteiger partial charge in [-0.05, 0) is 24.6 Å². The molecule has 0 aromatic heterocycles. The van der Waals surface area contributed by atoms with Gasteiger partial charge in [0.1, 0.15) is 0 Å². The molecule has 1 heterocycles. The first kappa shape index (κ1) is 10.2. The third-order valence-electron chi connectivity index (χ3n) is 2.36. The minimum Gasteiger partial charge on any atom is -0.502 e. The Morgan fingerprint density at radius 2 is 1.93 bits per heavy atom. The van der Waals surface area contributed by atoms with Crippen molar-refractivity contribution in [2.75, 3.05) is 0 Å². The highest BCUT2D eigenvalue weighted by Crippen LogP contribution is 2.33. The highest BCUT2D eigenvalue weighted by atomic mass is 79.9. The van der Waals surface area contributed by atoms with Gasteiger partial charge in [0.05, 0.1) is 0 Å². The molecule has 78 valence electrons. The maximum absolute atomic E-state index is 11.1. The number of rotatable bonds is 1. The lowest BCUT2D eigenvalue weighted by Gasteiger charge is -2.10. The topological polar surface area (TPSA) is 46.5 Å². The second kappa shape index (κ2) is 3.70. The Hall–Kier alpha value is -1.29. The van der Waals surface area contributed by atoms with Gasteiger partial charge in [0.2, 0.25) is 5.76 Å². The monoisotopic (exact) mass is 268 g/mol. The van der Waals surface area contributed by atoms with Gasteiger partial charge in [-0.2, -0.15) is 0 Å². The Bertz CT molecular complexity index is 434. The molecule has 1 N–H and O–H groups in total. The van der Waals surface area contributed by atoms with Crippen LogP contribution in [-0.4, -0.2) is 11.1 Å². The van der Waals surface area contributed by atoms with Crippen LogP contribution in [0, 0.1) is 0 Å². The second-order valence-electron chi connectivity index (χ2n) is 3.37. The SMILES string of the molecule is CC1=C(O)C(=O)O[C@H]1c1ccc(Br)cc1. The molecule has 1 aromatic carbocycles. The lowest BCUT2D eigenvalue weighted by molar-refractivity contribution is -0.142. The van der Waals surface area contributed by atoms with Gasteiger partial charge < -0.3 is 9.84 Å². The summed E-state index contributed by atoms with van der Waals surface area (Å²) in [6, 6.07) is 7.44. The molecule has 3 nitrogen and oxygen atoms in total. The van der Waals surface area contributed by atoms with Gasteiger partial charge in [0, 0.05) is 10.0 Å². The van der Waals surface area contributed by atoms with E-state index in [0.717, 1.165) is 10.0 Å². The molecule has 15 heavy (non-hydrogen) atoms. The summed E-state index contributed by atoms with van der Waals surface area (Å²) < 4.78 is 5.99. The van der Waals surface area contributed by atoms with Gasteiger partial charge in [0.25, 0.3) is 0 Å². The third kappa shape index (κ3) is 1.77. The first-order valence-electron chi connectivity index (χ1n) is 4.46. The number of halogens is 1. The van der Waals surface area contributed by atoms with Crippen LogP contribution in [0.1, 0.15) is 18.6 Å². The number of hydrogen-bond donors (Lipinski definition) is 1. The molecule has 4 heteroatoms. The van der Waals surface area contributed by atoms with E-state index in [2.05, 4.69) is 15.9 Å². The zero-order chi connectivity index (χ0) is 11.0. The Kier molecular flexibility index (Phi) is 2.52. The largest absolute Gasteiger partial charge is 0.502 e. The number of carbonyl (C=O) groups is 1. The molecule has 1 aliphatic heterocycles. The average Bonchev–Trinajstić information content (AvgIpc) is 2.47. The van der Waals surface area contributed by atoms with Gasteiger partial charge in [-0.3, -0.25) is 0 Å². The summed E-state index contributed by atoms with van der Waals surface area (Å²) >= 11 is 3.32. The van der Waals surface area contributed by atoms with Crippen molar-refractivity contribution < 1.29 is 14.6 Å². The Balaban J connectivity index is 2.35. The average molecular weight is 269 g/mol. The molecule has 0 fully saturated rings. The summed E-state index contributed by atoms with van der Waals surface area (Å²) in [6.45, 7) is 1.69. The smallest absolute Gasteiger partial charge is 0.374 e. The van der Waals surface area contributed by atoms with Gasteiger partial charge in [-0.1, -0.05) is 28.1 Å². The first-order valence-corrected chi connectivity index (χ1v) is 5.25. The second-order valence-corrected chi connectivity index (χ2v) is 4.28. The van der Waals surface area contributed by atoms with E-state index in [1.165, 1.54) is 0 Å². The van der Waals surface area contributed by atoms with Gasteiger partial charge in [0.15, 0.2) is 6.10 Å². The van der Waals surface area contributed by atoms with Crippen LogP contribution in [0.4, 0.5) is 0 Å². The van der Waals surface area contributed by atoms with Crippen LogP contribution in [0.2, 0.25) is 0 Å². The van der Waals surface area contributed by atoms with Crippen LogP contribution in [0.25, 0.3) is 0 Å². The van der Waals surface area contributed by atoms with Crippen molar-refractivity contribution in [3.8, 4) is 0 Å². The molecule has 1 aromatic rings. The van der Waals surface area contributed by atoms with E-state index in [1.54, 1.807) is 6.92 Å². The summed E-state index contributed by atoms with van der Waals surface area (Å²) in [6.07, 6.45) is -0.453. The summed E-state index contributed by atoms with van der Waals surface area (Å²) in [4.78, 5) is 11.1. The van der Waals surface area contributed by atoms with E-state index >= 15 is 0 Å². The predicted molar refractivity (Wildman–Crippen MR) is 58.3 cm³/mol. The zero-order valence-electron chi connectivity index (χ0n) is 8.03. The molecule has 0 radical (unpaired) electrons. The molecule has 0 aliphatic carbocycles. The summed E-state index contributed by atoms with van der Waals surface area (Å²) in [7, 11) is 0. The maximum Gasteiger partial charge on any atom is 0.374 e. The number of carbonyl (C=O) groups excluding carboxylic acids is 1. The highest BCUT2D eigenvalue weighted by Gasteiger charge is 2.32. The van der Waals surface area contributed by atoms with Crippen molar-refractivity contribution in [1.82, 2.24) is 0 Å². The standard InChI is InChI=1S/C11H9BrO3/c1-6-9(13)11(14)15-10(6)7-2-4-8(12)5-3-7/h2-5,10,13H,1H3/t10-/m1/s1. The number of esters is 1. The number of cyclic esters (lactones) is 1. The maximum atomic E-state index is 11.1. The van der Waals surface area contributed by atoms with Crippen LogP contribution in [0.3, 0.4) is 0 Å². The van der Waals surface area contributed by atoms with Gasteiger partial charge >= 0.3 is 5.97 Å². The van der Waals surface area contributed by atoms with Gasteiger partial charge in [-0.25, -0.2) is 4.79 Å². The molecule has 0 amide bonds. The number of aliphatic hydroxyl groups excluding tert-OH is 1. The molecule has 0 bridgehead atoms. The van der Waals surface area contributed by atoms with Crippen LogP contribution in [0.15, 0.2) is 40.1 Å². The molecular formula is C11H9BrO3. The zero-order valence-corrected chi connectivity index (χ0v) is 9.61. The van der Waals surface area contributed by atoms with Crippen molar-refractivity contribution in [2.24, 2.45) is 0 Å². The first-order chi connectivity index (χ1) is 7.09. The molecule has 0 saturated carbocycles. The Morgan fingerprint density at radius 1 is 1.33 bits per heavy atom. The minimum atomic E-state index is -0.652. The van der Waals surface area contributed by atoms with Crippen LogP contribution in [-0.2, 0) is 9.53 Å². The lowest BCUT2D eigenvalue weighted by atomic mass is 10.0. The van der Waals surface area contributed by atoms with E-state index in [1.807, 2.05) is 24.3 Å². The van der Waals surface area contributed by atoms with Crippen molar-refractivity contribution in [2.45, 2.75) is 13.0 Å². The van der Waals surface area contributed by atoms with E-state index in [-0.39, 0.29) is 5.76 Å². The van der Waals surface area contributed by atoms with Crippen LogP contribution >= 0.6 is 15.9 Å². The van der Waals surface area contributed by atoms with Crippen molar-refractivity contribution in [3.63, 3.8) is 0 Å². The Labute approximate surface area is 95.5 Å². The fourth-order valence-electron chi connectivity index (χ4n) is 1.49. The van der Waals surface area contributed by atoms with Gasteiger partial charge in [-0.15, -0.1) is 0 Å². The van der Waals surface area contributed by atoms with E-state index in [0.29, 0.717) is 5.57 Å². The molecule has 1 aliphatic rings. The summed E-state index contributed by atoms with van der Waals surface area (Å²) in [5.41, 5.74) is 1.41. The fourth-order valence-corrected chi connectivity index (χ4v) is 1.76. The summed E-state index contributed by atoms with van der Waals surface area (Å²) in [5, 5.41) is 9.35. The minimum absolute atomic E-state index is 0.275. The van der Waals surface area contributed by atoms with Crippen LogP contribution < -0.4 is 0 Å². The molecule has 2 rings (SSSR count). The quantitative estimate of drug-likeness (QED) is 0.797. The number of ether oxygens (including phenoxy) is 1. The van der Waals surface area contributed by atoms with Crippen molar-refractivity contribution in [1.29, 1.82) is 0 Å². The fraction of sp³-hybridized carbons (Fsp3) is 0.182. The van der Waals surface area contributed by atoms with E-state index in [4.69, 9.17) is 4.74 Å². The number of benzene rings is 1. The Morgan fingerprint density at radius 3 is 2.40 bits per heavy atom. The van der Waals surface area contributed by atoms with E-state index in [9.17, 15) is 9.90 Å². The molecular weight excluding hydrogens is 260 g/mol. The molecule has 0 unspecified atom stereocenters. The van der Waals surface area contributed by atoms with Crippen LogP contribution in [0.5, 0.6) is 0 Å². The van der Waals surface area contributed by atoms with Crippen molar-refractivity contribution >= 4 is 21.9 Å². The predicted octanol–water partition coefficient (Wildman–Crippen LogP) is 2.88. The lowest BCUT2D eigenvalue weighted by Crippen LogP contribution is -2.02. The molecule has 0 spiro atoms. The number of aliphatic hydroxyl groups is 1. The number of hydrogen-bond acceptors (Lipinski definition) is 3. The van der Waals surface area contributed by atoms with Crippen molar-refractivity contribution in [3.05, 3.63) is 45.6 Å². The van der Waals surface area contributed by atoms with E-state index < -0.39 is 12.1 Å². The molecule has 0 saturated heterocycles. The third-order valence-corrected chi connectivity index (χ3v) is 2.89. The highest BCUT2D eigenvalue weighted by molar-refractivity contribution is 9.10. The molecule has 1 atom stereocenters.